The molecule has 248 valence electrons. The van der Waals surface area contributed by atoms with Crippen molar-refractivity contribution in [3.63, 3.8) is 0 Å². The molecule has 1 unspecified atom stereocenters. The van der Waals surface area contributed by atoms with E-state index < -0.39 is 30.6 Å². The van der Waals surface area contributed by atoms with Crippen molar-refractivity contribution < 1.29 is 48.0 Å². The summed E-state index contributed by atoms with van der Waals surface area (Å²) in [4.78, 5) is 54.5. The molecule has 3 amide bonds. The fourth-order valence-corrected chi connectivity index (χ4v) is 6.01. The molecule has 2 aromatic rings. The van der Waals surface area contributed by atoms with E-state index >= 15 is 0 Å². The highest BCUT2D eigenvalue weighted by atomic mass is 16.7. The zero-order valence-corrected chi connectivity index (χ0v) is 26.1. The van der Waals surface area contributed by atoms with Crippen LogP contribution in [0.5, 0.6) is 11.5 Å². The molecular weight excluding hydrogens is 600 g/mol. The summed E-state index contributed by atoms with van der Waals surface area (Å²) in [7, 11) is 3.03. The Morgan fingerprint density at radius 1 is 1.15 bits per heavy atom. The number of carboxylic acids is 1. The van der Waals surface area contributed by atoms with Crippen molar-refractivity contribution >= 4 is 35.3 Å². The normalized spacial score (nSPS) is 20.7. The van der Waals surface area contributed by atoms with E-state index in [0.717, 1.165) is 19.3 Å². The van der Waals surface area contributed by atoms with Crippen LogP contribution < -0.4 is 19.7 Å². The highest BCUT2D eigenvalue weighted by Gasteiger charge is 2.47. The van der Waals surface area contributed by atoms with Gasteiger partial charge in [0.2, 0.25) is 5.91 Å². The highest BCUT2D eigenvalue weighted by molar-refractivity contribution is 6.06. The van der Waals surface area contributed by atoms with Crippen LogP contribution in [0.15, 0.2) is 37.1 Å². The summed E-state index contributed by atoms with van der Waals surface area (Å²) >= 11 is 0. The van der Waals surface area contributed by atoms with Crippen molar-refractivity contribution in [3.05, 3.63) is 48.3 Å². The number of rotatable bonds is 12. The number of carbonyl (C=O) groups excluding carboxylic acids is 3. The van der Waals surface area contributed by atoms with Crippen LogP contribution in [-0.2, 0) is 26.1 Å². The molecule has 0 saturated carbocycles. The second-order valence-electron chi connectivity index (χ2n) is 11.3. The number of aromatic nitrogens is 1. The van der Waals surface area contributed by atoms with Crippen LogP contribution in [-0.4, -0.2) is 90.5 Å². The molecular formula is C32H40N4O10. The summed E-state index contributed by atoms with van der Waals surface area (Å²) in [6, 6.07) is 4.08. The molecule has 2 N–H and O–H groups in total. The van der Waals surface area contributed by atoms with Crippen LogP contribution in [0.4, 0.5) is 16.2 Å². The molecule has 14 heteroatoms. The fourth-order valence-electron chi connectivity index (χ4n) is 6.01. The number of nitrogens with zero attached hydrogens (tertiary/aromatic N) is 3. The number of aromatic carboxylic acids is 1. The third-order valence-electron chi connectivity index (χ3n) is 8.18. The lowest BCUT2D eigenvalue weighted by molar-refractivity contribution is -0.195. The third kappa shape index (κ3) is 7.12. The van der Waals surface area contributed by atoms with Gasteiger partial charge in [0.25, 0.3) is 5.91 Å². The second kappa shape index (κ2) is 14.7. The van der Waals surface area contributed by atoms with Crippen LogP contribution in [0.1, 0.15) is 65.8 Å². The number of methoxy groups -OCH3 is 1. The van der Waals surface area contributed by atoms with Gasteiger partial charge in [-0.15, -0.1) is 0 Å². The van der Waals surface area contributed by atoms with Crippen molar-refractivity contribution in [2.24, 2.45) is 7.05 Å². The predicted molar refractivity (Wildman–Crippen MR) is 165 cm³/mol. The van der Waals surface area contributed by atoms with Crippen molar-refractivity contribution in [1.82, 2.24) is 9.47 Å². The Morgan fingerprint density at radius 3 is 2.67 bits per heavy atom. The molecule has 0 bridgehead atoms. The molecule has 3 aliphatic rings. The maximum Gasteiger partial charge on any atom is 0.416 e. The number of fused-ring (bicyclic) bond motifs is 2. The van der Waals surface area contributed by atoms with Crippen LogP contribution in [0.2, 0.25) is 0 Å². The first-order chi connectivity index (χ1) is 22.2. The number of hydrogen-bond acceptors (Lipinski definition) is 9. The molecule has 46 heavy (non-hydrogen) atoms. The fraction of sp³-hybridized carbons (Fsp3) is 0.500. The molecule has 3 aliphatic heterocycles. The minimum Gasteiger partial charge on any atom is -0.493 e. The Hall–Kier alpha value is -4.56. The summed E-state index contributed by atoms with van der Waals surface area (Å²) in [5.41, 5.74) is 0.919. The second-order valence-corrected chi connectivity index (χ2v) is 11.3. The van der Waals surface area contributed by atoms with Crippen LogP contribution in [0, 0.1) is 0 Å². The number of nitrogens with one attached hydrogen (secondary N) is 1. The zero-order chi connectivity index (χ0) is 32.8. The number of hydrogen-bond donors (Lipinski definition) is 2. The SMILES string of the molecule is C=CCOC(=O)N1c2cc(OCCCC(=O)Nc3cc(C(=O)O)n(C)c3)c(OC)cc2C(=O)N2CCC[C@H]2[C@@H]1OC1CCCCO1. The Labute approximate surface area is 266 Å². The molecule has 0 spiro atoms. The molecule has 2 fully saturated rings. The predicted octanol–water partition coefficient (Wildman–Crippen LogP) is 4.15. The summed E-state index contributed by atoms with van der Waals surface area (Å²) in [6.07, 6.45) is 5.16. The van der Waals surface area contributed by atoms with E-state index in [2.05, 4.69) is 11.9 Å². The average Bonchev–Trinajstić information content (AvgIpc) is 3.66. The first-order valence-electron chi connectivity index (χ1n) is 15.4. The van der Waals surface area contributed by atoms with Crippen molar-refractivity contribution in [1.29, 1.82) is 0 Å². The number of benzene rings is 1. The smallest absolute Gasteiger partial charge is 0.416 e. The van der Waals surface area contributed by atoms with Gasteiger partial charge in [0, 0.05) is 38.9 Å². The Balaban J connectivity index is 1.37. The molecule has 14 nitrogen and oxygen atoms in total. The van der Waals surface area contributed by atoms with Gasteiger partial charge < -0.3 is 43.6 Å². The van der Waals surface area contributed by atoms with Crippen molar-refractivity contribution in [2.45, 2.75) is 63.5 Å². The number of carboxylic acid groups (broad SMARTS) is 1. The van der Waals surface area contributed by atoms with Gasteiger partial charge in [-0.1, -0.05) is 12.7 Å². The van der Waals surface area contributed by atoms with Gasteiger partial charge >= 0.3 is 12.1 Å². The number of aryl methyl sites for hydroxylation is 1. The van der Waals surface area contributed by atoms with Gasteiger partial charge in [0.15, 0.2) is 24.0 Å². The Bertz CT molecular complexity index is 1470. The molecule has 2 saturated heterocycles. The maximum atomic E-state index is 13.9. The van der Waals surface area contributed by atoms with E-state index in [1.165, 1.54) is 34.9 Å². The first kappa shape index (κ1) is 32.8. The van der Waals surface area contributed by atoms with Crippen molar-refractivity contribution in [3.8, 4) is 11.5 Å². The standard InChI is InChI=1S/C32H40N4O10/c1-4-13-45-32(41)36-23-18-26(43-15-8-10-27(37)33-20-16-24(31(39)40)34(2)19-20)25(42-3)17-21(23)29(38)35-12-7-9-22(35)30(36)46-28-11-5-6-14-44-28/h4,16-19,22,28,30H,1,5-15H2,2-3H3,(H,33,37)(H,39,40)/t22-,28?,30-/m0/s1. The quantitative estimate of drug-likeness (QED) is 0.255. The summed E-state index contributed by atoms with van der Waals surface area (Å²) in [5, 5.41) is 11.9. The van der Waals surface area contributed by atoms with Gasteiger partial charge in [0.05, 0.1) is 36.7 Å². The number of amides is 3. The molecule has 5 rings (SSSR count). The Morgan fingerprint density at radius 2 is 1.98 bits per heavy atom. The van der Waals surface area contributed by atoms with E-state index in [4.69, 9.17) is 23.7 Å². The van der Waals surface area contributed by atoms with E-state index in [0.29, 0.717) is 38.1 Å². The maximum absolute atomic E-state index is 13.9. The van der Waals surface area contributed by atoms with Crippen molar-refractivity contribution in [2.75, 3.05) is 43.7 Å². The monoisotopic (exact) mass is 640 g/mol. The van der Waals surface area contributed by atoms with Crippen LogP contribution in [0.25, 0.3) is 0 Å². The zero-order valence-electron chi connectivity index (χ0n) is 26.1. The van der Waals surface area contributed by atoms with Gasteiger partial charge in [-0.2, -0.15) is 0 Å². The summed E-state index contributed by atoms with van der Waals surface area (Å²) in [6.45, 7) is 4.77. The van der Waals surface area contributed by atoms with E-state index in [1.54, 1.807) is 24.1 Å². The largest absolute Gasteiger partial charge is 0.493 e. The lowest BCUT2D eigenvalue weighted by Gasteiger charge is -2.38. The molecule has 4 heterocycles. The summed E-state index contributed by atoms with van der Waals surface area (Å²) < 4.78 is 30.9. The lowest BCUT2D eigenvalue weighted by Crippen LogP contribution is -2.54. The van der Waals surface area contributed by atoms with Crippen LogP contribution in [0.3, 0.4) is 0 Å². The molecule has 1 aromatic heterocycles. The van der Waals surface area contributed by atoms with E-state index in [1.807, 2.05) is 0 Å². The highest BCUT2D eigenvalue weighted by Crippen LogP contribution is 2.42. The minimum absolute atomic E-state index is 0.0399. The van der Waals surface area contributed by atoms with Crippen LogP contribution >= 0.6 is 0 Å². The number of anilines is 2. The molecule has 0 aliphatic carbocycles. The first-order valence-corrected chi connectivity index (χ1v) is 15.4. The minimum atomic E-state index is -1.10. The molecule has 1 aromatic carbocycles. The topological polar surface area (TPSA) is 158 Å². The molecule has 3 atom stereocenters. The average molecular weight is 641 g/mol. The number of ether oxygens (including phenoxy) is 5. The summed E-state index contributed by atoms with van der Waals surface area (Å²) in [5.74, 6) is -1.12. The van der Waals surface area contributed by atoms with E-state index in [9.17, 15) is 24.3 Å². The molecule has 0 radical (unpaired) electrons. The van der Waals surface area contributed by atoms with Gasteiger partial charge in [0.1, 0.15) is 12.3 Å². The van der Waals surface area contributed by atoms with Gasteiger partial charge in [-0.05, 0) is 50.7 Å². The number of carbonyl (C=O) groups is 4. The lowest BCUT2D eigenvalue weighted by atomic mass is 10.1. The van der Waals surface area contributed by atoms with Gasteiger partial charge in [-0.3, -0.25) is 9.59 Å². The van der Waals surface area contributed by atoms with Gasteiger partial charge in [-0.25, -0.2) is 14.5 Å². The Kier molecular flexibility index (Phi) is 10.5. The third-order valence-corrected chi connectivity index (χ3v) is 8.18. The van der Waals surface area contributed by atoms with E-state index in [-0.39, 0.29) is 59.9 Å².